The third-order valence-corrected chi connectivity index (χ3v) is 6.29. The Morgan fingerprint density at radius 1 is 1.33 bits per heavy atom. The van der Waals surface area contributed by atoms with Crippen LogP contribution in [0.1, 0.15) is 5.56 Å². The monoisotopic (exact) mass is 475 g/mol. The molecule has 1 aliphatic rings. The number of sulfonamides is 1. The molecule has 0 bridgehead atoms. The molecule has 3 rings (SSSR count). The van der Waals surface area contributed by atoms with Crippen molar-refractivity contribution in [3.05, 3.63) is 45.5 Å². The summed E-state index contributed by atoms with van der Waals surface area (Å²) in [6.07, 6.45) is 1.67. The van der Waals surface area contributed by atoms with Crippen LogP contribution in [0.15, 0.2) is 39.8 Å². The van der Waals surface area contributed by atoms with Crippen molar-refractivity contribution in [3.63, 3.8) is 0 Å². The minimum Gasteiger partial charge on any atom is -0.494 e. The van der Waals surface area contributed by atoms with Crippen LogP contribution in [-0.4, -0.2) is 46.8 Å². The van der Waals surface area contributed by atoms with Crippen LogP contribution < -0.4 is 14.4 Å². The van der Waals surface area contributed by atoms with Crippen molar-refractivity contribution in [2.75, 3.05) is 38.3 Å². The Morgan fingerprint density at radius 3 is 2.78 bits per heavy atom. The molecule has 146 valence electrons. The molecule has 27 heavy (non-hydrogen) atoms. The van der Waals surface area contributed by atoms with Crippen LogP contribution in [0.25, 0.3) is 0 Å². The molecular weight excluding hydrogens is 458 g/mol. The zero-order valence-corrected chi connectivity index (χ0v) is 17.8. The molecule has 0 atom stereocenters. The molecule has 2 aromatic rings. The first-order valence-corrected chi connectivity index (χ1v) is 10.9. The van der Waals surface area contributed by atoms with E-state index in [1.165, 1.54) is 13.2 Å². The van der Waals surface area contributed by atoms with Crippen molar-refractivity contribution in [1.29, 1.82) is 0 Å². The van der Waals surface area contributed by atoms with Crippen molar-refractivity contribution in [2.24, 2.45) is 0 Å². The van der Waals surface area contributed by atoms with E-state index in [9.17, 15) is 8.42 Å². The maximum Gasteiger partial charge on any atom is 0.244 e. The number of aromatic nitrogens is 1. The molecule has 1 aromatic heterocycles. The minimum absolute atomic E-state index is 0.0215. The van der Waals surface area contributed by atoms with Gasteiger partial charge in [-0.3, -0.25) is 0 Å². The molecule has 0 unspecified atom stereocenters. The number of nitrogens with zero attached hydrogens (tertiary/aromatic N) is 2. The second-order valence-electron chi connectivity index (χ2n) is 5.87. The number of nitrogens with one attached hydrogen (secondary N) is 1. The van der Waals surface area contributed by atoms with Crippen LogP contribution in [0.2, 0.25) is 5.02 Å². The molecule has 1 N–H and O–H groups in total. The van der Waals surface area contributed by atoms with Crippen molar-refractivity contribution in [3.8, 4) is 5.75 Å². The van der Waals surface area contributed by atoms with Crippen LogP contribution in [0, 0.1) is 0 Å². The first-order chi connectivity index (χ1) is 12.9. The lowest BCUT2D eigenvalue weighted by Crippen LogP contribution is -2.36. The van der Waals surface area contributed by atoms with Gasteiger partial charge in [0.2, 0.25) is 10.0 Å². The molecule has 0 saturated carbocycles. The van der Waals surface area contributed by atoms with Gasteiger partial charge in [0.25, 0.3) is 0 Å². The van der Waals surface area contributed by atoms with Gasteiger partial charge in [-0.1, -0.05) is 11.6 Å². The molecule has 1 saturated heterocycles. The zero-order chi connectivity index (χ0) is 19.4. The third kappa shape index (κ3) is 4.91. The number of methoxy groups -OCH3 is 1. The van der Waals surface area contributed by atoms with Crippen LogP contribution in [0.4, 0.5) is 5.82 Å². The molecule has 2 heterocycles. The van der Waals surface area contributed by atoms with Crippen molar-refractivity contribution in [1.82, 2.24) is 9.71 Å². The summed E-state index contributed by atoms with van der Waals surface area (Å²) in [4.78, 5) is 6.45. The van der Waals surface area contributed by atoms with Gasteiger partial charge in [-0.25, -0.2) is 18.1 Å². The number of morpholine rings is 1. The van der Waals surface area contributed by atoms with E-state index >= 15 is 0 Å². The summed E-state index contributed by atoms with van der Waals surface area (Å²) >= 11 is 9.28. The first kappa shape index (κ1) is 20.3. The maximum absolute atomic E-state index is 12.8. The molecular formula is C17H19BrClN3O4S. The van der Waals surface area contributed by atoms with E-state index in [-0.39, 0.29) is 17.2 Å². The molecule has 0 spiro atoms. The molecule has 1 fully saturated rings. The smallest absolute Gasteiger partial charge is 0.244 e. The summed E-state index contributed by atoms with van der Waals surface area (Å²) in [5.41, 5.74) is 0.801. The van der Waals surface area contributed by atoms with Gasteiger partial charge < -0.3 is 14.4 Å². The number of hydrogen-bond acceptors (Lipinski definition) is 6. The van der Waals surface area contributed by atoms with Crippen LogP contribution in [0.3, 0.4) is 0 Å². The lowest BCUT2D eigenvalue weighted by Gasteiger charge is -2.28. The van der Waals surface area contributed by atoms with Gasteiger partial charge in [-0.2, -0.15) is 0 Å². The van der Waals surface area contributed by atoms with Gasteiger partial charge in [0.1, 0.15) is 10.7 Å². The average molecular weight is 477 g/mol. The molecule has 0 radical (unpaired) electrons. The summed E-state index contributed by atoms with van der Waals surface area (Å²) in [7, 11) is -2.42. The minimum atomic E-state index is -3.83. The fourth-order valence-electron chi connectivity index (χ4n) is 2.73. The Kier molecular flexibility index (Phi) is 6.59. The van der Waals surface area contributed by atoms with E-state index in [0.717, 1.165) is 24.5 Å². The second kappa shape index (κ2) is 8.74. The van der Waals surface area contributed by atoms with Gasteiger partial charge in [0.05, 0.1) is 24.8 Å². The number of anilines is 1. The fourth-order valence-corrected chi connectivity index (χ4v) is 5.13. The predicted octanol–water partition coefficient (Wildman–Crippen LogP) is 2.82. The average Bonchev–Trinajstić information content (AvgIpc) is 2.67. The number of pyridine rings is 1. The van der Waals surface area contributed by atoms with E-state index in [1.807, 2.05) is 6.07 Å². The Hall–Kier alpha value is -1.39. The van der Waals surface area contributed by atoms with E-state index < -0.39 is 10.0 Å². The fraction of sp³-hybridized carbons (Fsp3) is 0.353. The maximum atomic E-state index is 12.8. The van der Waals surface area contributed by atoms with Gasteiger partial charge in [0.15, 0.2) is 5.75 Å². The Balaban J connectivity index is 1.78. The highest BCUT2D eigenvalue weighted by atomic mass is 79.9. The first-order valence-electron chi connectivity index (χ1n) is 8.21. The van der Waals surface area contributed by atoms with E-state index in [4.69, 9.17) is 21.1 Å². The Labute approximate surface area is 171 Å². The third-order valence-electron chi connectivity index (χ3n) is 4.08. The summed E-state index contributed by atoms with van der Waals surface area (Å²) < 4.78 is 39.1. The quantitative estimate of drug-likeness (QED) is 0.690. The number of rotatable bonds is 6. The highest BCUT2D eigenvalue weighted by molar-refractivity contribution is 9.10. The Bertz CT molecular complexity index is 920. The van der Waals surface area contributed by atoms with E-state index in [0.29, 0.717) is 22.7 Å². The van der Waals surface area contributed by atoms with Crippen LogP contribution >= 0.6 is 27.5 Å². The van der Waals surface area contributed by atoms with Gasteiger partial charge in [0, 0.05) is 30.9 Å². The lowest BCUT2D eigenvalue weighted by molar-refractivity contribution is 0.122. The predicted molar refractivity (Wildman–Crippen MR) is 107 cm³/mol. The molecule has 0 aliphatic carbocycles. The summed E-state index contributed by atoms with van der Waals surface area (Å²) in [5.74, 6) is 1.01. The number of ether oxygens (including phenoxy) is 2. The number of benzene rings is 1. The van der Waals surface area contributed by atoms with Gasteiger partial charge in [-0.15, -0.1) is 0 Å². The van der Waals surface area contributed by atoms with Gasteiger partial charge in [-0.05, 0) is 45.8 Å². The molecule has 1 aliphatic heterocycles. The molecule has 10 heteroatoms. The van der Waals surface area contributed by atoms with Crippen LogP contribution in [0.5, 0.6) is 5.75 Å². The van der Waals surface area contributed by atoms with Crippen LogP contribution in [-0.2, 0) is 21.3 Å². The van der Waals surface area contributed by atoms with Gasteiger partial charge >= 0.3 is 0 Å². The molecule has 7 nitrogen and oxygen atoms in total. The molecule has 1 aromatic carbocycles. The topological polar surface area (TPSA) is 80.8 Å². The zero-order valence-electron chi connectivity index (χ0n) is 14.6. The molecule has 0 amide bonds. The standard InChI is InChI=1S/C17H19BrClN3O4S/c1-25-17-14(18)9-13(19)10-15(17)27(23,24)21-11-12-2-3-20-16(8-12)22-4-6-26-7-5-22/h2-3,8-10,21H,4-7,11H2,1H3. The highest BCUT2D eigenvalue weighted by Gasteiger charge is 2.22. The summed E-state index contributed by atoms with van der Waals surface area (Å²) in [6.45, 7) is 2.95. The summed E-state index contributed by atoms with van der Waals surface area (Å²) in [5, 5.41) is 0.293. The van der Waals surface area contributed by atoms with Crippen molar-refractivity contribution >= 4 is 43.4 Å². The lowest BCUT2D eigenvalue weighted by atomic mass is 10.2. The normalized spacial score (nSPS) is 15.0. The SMILES string of the molecule is COc1c(Br)cc(Cl)cc1S(=O)(=O)NCc1ccnc(N2CCOCC2)c1. The number of hydrogen-bond donors (Lipinski definition) is 1. The Morgan fingerprint density at radius 2 is 2.07 bits per heavy atom. The number of halogens is 2. The van der Waals surface area contributed by atoms with Crippen molar-refractivity contribution < 1.29 is 17.9 Å². The second-order valence-corrected chi connectivity index (χ2v) is 8.89. The largest absolute Gasteiger partial charge is 0.494 e. The highest BCUT2D eigenvalue weighted by Crippen LogP contribution is 2.35. The van der Waals surface area contributed by atoms with E-state index in [2.05, 4.69) is 30.5 Å². The summed E-state index contributed by atoms with van der Waals surface area (Å²) in [6, 6.07) is 6.59. The van der Waals surface area contributed by atoms with E-state index in [1.54, 1.807) is 18.3 Å². The van der Waals surface area contributed by atoms with Crippen molar-refractivity contribution in [2.45, 2.75) is 11.4 Å².